The Bertz CT molecular complexity index is 357. The van der Waals surface area contributed by atoms with Gasteiger partial charge in [0.1, 0.15) is 0 Å². The van der Waals surface area contributed by atoms with Crippen LogP contribution in [-0.2, 0) is 5.92 Å². The highest BCUT2D eigenvalue weighted by Gasteiger charge is 2.37. The van der Waals surface area contributed by atoms with Gasteiger partial charge in [0.2, 0.25) is 0 Å². The maximum absolute atomic E-state index is 14.0. The van der Waals surface area contributed by atoms with E-state index in [4.69, 9.17) is 5.73 Å². The van der Waals surface area contributed by atoms with E-state index in [1.807, 2.05) is 6.92 Å². The van der Waals surface area contributed by atoms with Gasteiger partial charge in [-0.15, -0.1) is 0 Å². The second-order valence-corrected chi connectivity index (χ2v) is 4.91. The molecule has 1 fully saturated rings. The van der Waals surface area contributed by atoms with Crippen LogP contribution >= 0.6 is 0 Å². The molecule has 1 heterocycles. The monoisotopic (exact) mass is 240 g/mol. The molecule has 2 rings (SSSR count). The Labute approximate surface area is 100 Å². The van der Waals surface area contributed by atoms with E-state index in [0.29, 0.717) is 19.0 Å². The van der Waals surface area contributed by atoms with Gasteiger partial charge < -0.3 is 5.73 Å². The summed E-state index contributed by atoms with van der Waals surface area (Å²) in [6, 6.07) is 7.98. The lowest BCUT2D eigenvalue weighted by molar-refractivity contribution is -0.0335. The SMILES string of the molecule is CC1CN(CC(F)(F)c2ccccc2)CC1N. The summed E-state index contributed by atoms with van der Waals surface area (Å²) in [7, 11) is 0. The van der Waals surface area contributed by atoms with Crippen molar-refractivity contribution >= 4 is 0 Å². The Kier molecular flexibility index (Phi) is 3.45. The summed E-state index contributed by atoms with van der Waals surface area (Å²) in [4.78, 5) is 1.75. The summed E-state index contributed by atoms with van der Waals surface area (Å²) < 4.78 is 28.0. The Hall–Kier alpha value is -1.00. The molecule has 0 saturated carbocycles. The van der Waals surface area contributed by atoms with E-state index in [2.05, 4.69) is 0 Å². The van der Waals surface area contributed by atoms with Crippen LogP contribution in [0.4, 0.5) is 8.78 Å². The minimum absolute atomic E-state index is 0.0153. The first-order valence-electron chi connectivity index (χ1n) is 5.90. The molecule has 2 nitrogen and oxygen atoms in total. The van der Waals surface area contributed by atoms with Crippen molar-refractivity contribution in [3.05, 3.63) is 35.9 Å². The first-order chi connectivity index (χ1) is 7.99. The molecule has 4 heteroatoms. The normalized spacial score (nSPS) is 26.4. The standard InChI is InChI=1S/C13H18F2N2/c1-10-7-17(8-12(10)16)9-13(14,15)11-5-3-2-4-6-11/h2-6,10,12H,7-9,16H2,1H3. The maximum atomic E-state index is 14.0. The van der Waals surface area contributed by atoms with Gasteiger partial charge in [-0.2, -0.15) is 8.78 Å². The first-order valence-corrected chi connectivity index (χ1v) is 5.90. The molecule has 2 unspecified atom stereocenters. The van der Waals surface area contributed by atoms with Crippen LogP contribution in [0.15, 0.2) is 30.3 Å². The molecule has 0 aliphatic carbocycles. The topological polar surface area (TPSA) is 29.3 Å². The van der Waals surface area contributed by atoms with E-state index in [-0.39, 0.29) is 18.2 Å². The van der Waals surface area contributed by atoms with Gasteiger partial charge in [-0.3, -0.25) is 4.90 Å². The van der Waals surface area contributed by atoms with E-state index >= 15 is 0 Å². The molecular formula is C13H18F2N2. The Morgan fingerprint density at radius 3 is 2.47 bits per heavy atom. The molecule has 17 heavy (non-hydrogen) atoms. The van der Waals surface area contributed by atoms with E-state index in [1.165, 1.54) is 12.1 Å². The van der Waals surface area contributed by atoms with Crippen LogP contribution in [0, 0.1) is 5.92 Å². The van der Waals surface area contributed by atoms with Crippen LogP contribution in [0.1, 0.15) is 12.5 Å². The van der Waals surface area contributed by atoms with Crippen LogP contribution < -0.4 is 5.73 Å². The fraction of sp³-hybridized carbons (Fsp3) is 0.538. The molecule has 1 saturated heterocycles. The molecule has 0 aromatic heterocycles. The number of rotatable bonds is 3. The lowest BCUT2D eigenvalue weighted by atomic mass is 10.1. The van der Waals surface area contributed by atoms with Crippen molar-refractivity contribution < 1.29 is 8.78 Å². The maximum Gasteiger partial charge on any atom is 0.285 e. The van der Waals surface area contributed by atoms with Crippen LogP contribution in [0.5, 0.6) is 0 Å². The van der Waals surface area contributed by atoms with Gasteiger partial charge in [-0.25, -0.2) is 0 Å². The number of hydrogen-bond donors (Lipinski definition) is 1. The third-order valence-corrected chi connectivity index (χ3v) is 3.36. The van der Waals surface area contributed by atoms with E-state index in [9.17, 15) is 8.78 Å². The van der Waals surface area contributed by atoms with Gasteiger partial charge in [-0.05, 0) is 5.92 Å². The summed E-state index contributed by atoms with van der Waals surface area (Å²) in [5.41, 5.74) is 5.92. The van der Waals surface area contributed by atoms with Crippen LogP contribution in [0.2, 0.25) is 0 Å². The fourth-order valence-electron chi connectivity index (χ4n) is 2.28. The molecular weight excluding hydrogens is 222 g/mol. The van der Waals surface area contributed by atoms with E-state index < -0.39 is 5.92 Å². The number of nitrogens with two attached hydrogens (primary N) is 1. The minimum Gasteiger partial charge on any atom is -0.326 e. The van der Waals surface area contributed by atoms with Gasteiger partial charge in [0.25, 0.3) is 5.92 Å². The van der Waals surface area contributed by atoms with Gasteiger partial charge in [0.15, 0.2) is 0 Å². The zero-order valence-corrected chi connectivity index (χ0v) is 9.94. The summed E-state index contributed by atoms with van der Waals surface area (Å²) in [5, 5.41) is 0. The molecule has 94 valence electrons. The third kappa shape index (κ3) is 2.82. The molecule has 1 aromatic carbocycles. The molecule has 2 atom stereocenters. The average molecular weight is 240 g/mol. The van der Waals surface area contributed by atoms with Gasteiger partial charge >= 0.3 is 0 Å². The average Bonchev–Trinajstić information content (AvgIpc) is 2.58. The zero-order chi connectivity index (χ0) is 12.5. The molecule has 0 amide bonds. The van der Waals surface area contributed by atoms with Crippen molar-refractivity contribution in [3.63, 3.8) is 0 Å². The van der Waals surface area contributed by atoms with E-state index in [1.54, 1.807) is 23.1 Å². The summed E-state index contributed by atoms with van der Waals surface area (Å²) in [6.07, 6.45) is 0. The second kappa shape index (κ2) is 4.70. The Morgan fingerprint density at radius 1 is 1.29 bits per heavy atom. The second-order valence-electron chi connectivity index (χ2n) is 4.91. The summed E-state index contributed by atoms with van der Waals surface area (Å²) in [6.45, 7) is 2.98. The zero-order valence-electron chi connectivity index (χ0n) is 9.94. The van der Waals surface area contributed by atoms with Crippen LogP contribution in [0.3, 0.4) is 0 Å². The quantitative estimate of drug-likeness (QED) is 0.876. The molecule has 0 spiro atoms. The summed E-state index contributed by atoms with van der Waals surface area (Å²) in [5.74, 6) is -2.51. The number of hydrogen-bond acceptors (Lipinski definition) is 2. The third-order valence-electron chi connectivity index (χ3n) is 3.36. The lowest BCUT2D eigenvalue weighted by Gasteiger charge is -2.23. The number of likely N-dealkylation sites (tertiary alicyclic amines) is 1. The first kappa shape index (κ1) is 12.5. The Balaban J connectivity index is 2.03. The van der Waals surface area contributed by atoms with Crippen molar-refractivity contribution in [1.29, 1.82) is 0 Å². The number of alkyl halides is 2. The highest BCUT2D eigenvalue weighted by molar-refractivity contribution is 5.20. The lowest BCUT2D eigenvalue weighted by Crippen LogP contribution is -2.35. The predicted molar refractivity (Wildman–Crippen MR) is 63.9 cm³/mol. The summed E-state index contributed by atoms with van der Waals surface area (Å²) >= 11 is 0. The smallest absolute Gasteiger partial charge is 0.285 e. The van der Waals surface area contributed by atoms with E-state index in [0.717, 1.165) is 0 Å². The molecule has 1 aliphatic rings. The highest BCUT2D eigenvalue weighted by Crippen LogP contribution is 2.30. The molecule has 1 aliphatic heterocycles. The molecule has 0 bridgehead atoms. The molecule has 2 N–H and O–H groups in total. The number of nitrogens with zero attached hydrogens (tertiary/aromatic N) is 1. The van der Waals surface area contributed by atoms with Gasteiger partial charge in [-0.1, -0.05) is 37.3 Å². The molecule has 1 aromatic rings. The number of halogens is 2. The van der Waals surface area contributed by atoms with Gasteiger partial charge in [0, 0.05) is 24.7 Å². The number of benzene rings is 1. The van der Waals surface area contributed by atoms with Crippen molar-refractivity contribution in [2.75, 3.05) is 19.6 Å². The fourth-order valence-corrected chi connectivity index (χ4v) is 2.28. The highest BCUT2D eigenvalue weighted by atomic mass is 19.3. The van der Waals surface area contributed by atoms with Crippen molar-refractivity contribution in [2.45, 2.75) is 18.9 Å². The molecule has 0 radical (unpaired) electrons. The largest absolute Gasteiger partial charge is 0.326 e. The minimum atomic E-state index is -2.80. The van der Waals surface area contributed by atoms with Crippen LogP contribution in [0.25, 0.3) is 0 Å². The van der Waals surface area contributed by atoms with Crippen molar-refractivity contribution in [3.8, 4) is 0 Å². The van der Waals surface area contributed by atoms with Crippen molar-refractivity contribution in [1.82, 2.24) is 4.90 Å². The van der Waals surface area contributed by atoms with Crippen LogP contribution in [-0.4, -0.2) is 30.6 Å². The Morgan fingerprint density at radius 2 is 1.94 bits per heavy atom. The predicted octanol–water partition coefficient (Wildman–Crippen LogP) is 2.06. The van der Waals surface area contributed by atoms with Gasteiger partial charge in [0.05, 0.1) is 6.54 Å². The van der Waals surface area contributed by atoms with Crippen molar-refractivity contribution in [2.24, 2.45) is 11.7 Å².